The minimum absolute atomic E-state index is 0.134. The number of hydrogen-bond donors (Lipinski definition) is 1. The van der Waals surface area contributed by atoms with E-state index in [-0.39, 0.29) is 5.43 Å². The zero-order valence-electron chi connectivity index (χ0n) is 11.9. The van der Waals surface area contributed by atoms with Gasteiger partial charge in [0.1, 0.15) is 0 Å². The molecule has 0 saturated carbocycles. The second-order valence-corrected chi connectivity index (χ2v) is 4.98. The maximum Gasteiger partial charge on any atom is 0.192 e. The minimum Gasteiger partial charge on any atom is -0.490 e. The van der Waals surface area contributed by atoms with E-state index >= 15 is 0 Å². The number of aromatic nitrogens is 1. The summed E-state index contributed by atoms with van der Waals surface area (Å²) in [6.45, 7) is 4.98. The fraction of sp³-hybridized carbons (Fsp3) is 0.438. The van der Waals surface area contributed by atoms with Crippen molar-refractivity contribution in [1.29, 1.82) is 0 Å². The smallest absolute Gasteiger partial charge is 0.192 e. The third-order valence-corrected chi connectivity index (χ3v) is 3.71. The SMILES string of the molecule is CCOc1cc2[nH]c3c(c(=O)c2cc1OCC)CCC3. The summed E-state index contributed by atoms with van der Waals surface area (Å²) in [5.74, 6) is 1.33. The Kier molecular flexibility index (Phi) is 3.38. The first kappa shape index (κ1) is 13.0. The van der Waals surface area contributed by atoms with Gasteiger partial charge in [0.05, 0.1) is 18.7 Å². The number of hydrogen-bond acceptors (Lipinski definition) is 3. The highest BCUT2D eigenvalue weighted by atomic mass is 16.5. The van der Waals surface area contributed by atoms with Crippen LogP contribution in [0, 0.1) is 0 Å². The highest BCUT2D eigenvalue weighted by Gasteiger charge is 2.18. The highest BCUT2D eigenvalue weighted by molar-refractivity contribution is 5.83. The van der Waals surface area contributed by atoms with Gasteiger partial charge in [0.2, 0.25) is 0 Å². The van der Waals surface area contributed by atoms with Gasteiger partial charge >= 0.3 is 0 Å². The summed E-state index contributed by atoms with van der Waals surface area (Å²) >= 11 is 0. The van der Waals surface area contributed by atoms with E-state index in [1.807, 2.05) is 19.9 Å². The molecule has 20 heavy (non-hydrogen) atoms. The fourth-order valence-corrected chi connectivity index (χ4v) is 2.85. The molecule has 106 valence electrons. The van der Waals surface area contributed by atoms with Gasteiger partial charge in [-0.15, -0.1) is 0 Å². The molecule has 1 aromatic carbocycles. The van der Waals surface area contributed by atoms with Crippen molar-refractivity contribution in [2.45, 2.75) is 33.1 Å². The Hall–Kier alpha value is -1.97. The lowest BCUT2D eigenvalue weighted by molar-refractivity contribution is 0.288. The van der Waals surface area contributed by atoms with Crippen LogP contribution in [-0.4, -0.2) is 18.2 Å². The first-order chi connectivity index (χ1) is 9.74. The Balaban J connectivity index is 2.24. The fourth-order valence-electron chi connectivity index (χ4n) is 2.85. The zero-order valence-corrected chi connectivity index (χ0v) is 11.9. The Morgan fingerprint density at radius 2 is 1.80 bits per heavy atom. The Morgan fingerprint density at radius 3 is 2.50 bits per heavy atom. The summed E-state index contributed by atoms with van der Waals surface area (Å²) in [7, 11) is 0. The molecule has 1 aliphatic carbocycles. The van der Waals surface area contributed by atoms with Crippen LogP contribution in [-0.2, 0) is 12.8 Å². The second-order valence-electron chi connectivity index (χ2n) is 4.98. The van der Waals surface area contributed by atoms with Crippen LogP contribution in [0.15, 0.2) is 16.9 Å². The summed E-state index contributed by atoms with van der Waals surface area (Å²) in [5, 5.41) is 0.692. The monoisotopic (exact) mass is 273 g/mol. The number of H-pyrrole nitrogens is 1. The van der Waals surface area contributed by atoms with E-state index < -0.39 is 0 Å². The van der Waals surface area contributed by atoms with Crippen LogP contribution in [0.3, 0.4) is 0 Å². The number of aryl methyl sites for hydroxylation is 1. The molecule has 1 aliphatic rings. The van der Waals surface area contributed by atoms with Gasteiger partial charge in [0.25, 0.3) is 0 Å². The molecule has 0 fully saturated rings. The molecular formula is C16H19NO3. The Labute approximate surface area is 117 Å². The van der Waals surface area contributed by atoms with Gasteiger partial charge in [0, 0.05) is 22.7 Å². The van der Waals surface area contributed by atoms with Crippen molar-refractivity contribution in [3.8, 4) is 11.5 Å². The standard InChI is InChI=1S/C16H19NO3/c1-3-19-14-8-11-13(9-15(14)20-4-2)17-12-7-5-6-10(12)16(11)18/h8-9H,3-7H2,1-2H3,(H,17,18). The van der Waals surface area contributed by atoms with Crippen molar-refractivity contribution in [3.63, 3.8) is 0 Å². The number of nitrogens with one attached hydrogen (secondary N) is 1. The number of rotatable bonds is 4. The molecule has 0 unspecified atom stereocenters. The summed E-state index contributed by atoms with van der Waals surface area (Å²) in [6, 6.07) is 3.69. The van der Waals surface area contributed by atoms with Gasteiger partial charge in [-0.1, -0.05) is 0 Å². The van der Waals surface area contributed by atoms with Crippen LogP contribution in [0.5, 0.6) is 11.5 Å². The van der Waals surface area contributed by atoms with Crippen molar-refractivity contribution >= 4 is 10.9 Å². The average molecular weight is 273 g/mol. The number of fused-ring (bicyclic) bond motifs is 2. The molecular weight excluding hydrogens is 254 g/mol. The summed E-state index contributed by atoms with van der Waals surface area (Å²) in [6.07, 6.45) is 2.88. The van der Waals surface area contributed by atoms with Gasteiger partial charge in [-0.3, -0.25) is 4.79 Å². The van der Waals surface area contributed by atoms with Crippen LogP contribution < -0.4 is 14.9 Å². The second kappa shape index (κ2) is 5.19. The summed E-state index contributed by atoms with van der Waals surface area (Å²) in [5.41, 5.74) is 2.98. The highest BCUT2D eigenvalue weighted by Crippen LogP contribution is 2.32. The molecule has 0 radical (unpaired) electrons. The lowest BCUT2D eigenvalue weighted by Crippen LogP contribution is -2.11. The summed E-state index contributed by atoms with van der Waals surface area (Å²) in [4.78, 5) is 15.9. The lowest BCUT2D eigenvalue weighted by atomic mass is 10.1. The van der Waals surface area contributed by atoms with Crippen molar-refractivity contribution in [3.05, 3.63) is 33.6 Å². The molecule has 0 atom stereocenters. The van der Waals surface area contributed by atoms with Crippen LogP contribution in [0.2, 0.25) is 0 Å². The summed E-state index contributed by atoms with van der Waals surface area (Å²) < 4.78 is 11.2. The van der Waals surface area contributed by atoms with Crippen molar-refractivity contribution in [1.82, 2.24) is 4.98 Å². The first-order valence-electron chi connectivity index (χ1n) is 7.22. The zero-order chi connectivity index (χ0) is 14.1. The topological polar surface area (TPSA) is 51.3 Å². The average Bonchev–Trinajstić information content (AvgIpc) is 2.89. The van der Waals surface area contributed by atoms with Crippen molar-refractivity contribution in [2.24, 2.45) is 0 Å². The van der Waals surface area contributed by atoms with E-state index in [9.17, 15) is 4.79 Å². The number of benzene rings is 1. The van der Waals surface area contributed by atoms with Crippen molar-refractivity contribution < 1.29 is 9.47 Å². The lowest BCUT2D eigenvalue weighted by Gasteiger charge is -2.13. The van der Waals surface area contributed by atoms with Gasteiger partial charge < -0.3 is 14.5 Å². The maximum atomic E-state index is 12.5. The molecule has 0 saturated heterocycles. The van der Waals surface area contributed by atoms with E-state index in [0.29, 0.717) is 30.1 Å². The predicted molar refractivity (Wildman–Crippen MR) is 78.9 cm³/mol. The molecule has 4 nitrogen and oxygen atoms in total. The normalized spacial score (nSPS) is 13.5. The largest absolute Gasteiger partial charge is 0.490 e. The van der Waals surface area contributed by atoms with E-state index in [2.05, 4.69) is 4.98 Å². The van der Waals surface area contributed by atoms with E-state index in [4.69, 9.17) is 9.47 Å². The third-order valence-electron chi connectivity index (χ3n) is 3.71. The van der Waals surface area contributed by atoms with Crippen LogP contribution in [0.4, 0.5) is 0 Å². The molecule has 1 heterocycles. The molecule has 0 spiro atoms. The van der Waals surface area contributed by atoms with E-state index in [1.165, 1.54) is 0 Å². The number of ether oxygens (including phenoxy) is 2. The van der Waals surface area contributed by atoms with Gasteiger partial charge in [0.15, 0.2) is 16.9 Å². The molecule has 4 heteroatoms. The van der Waals surface area contributed by atoms with Crippen molar-refractivity contribution in [2.75, 3.05) is 13.2 Å². The maximum absolute atomic E-state index is 12.5. The molecule has 1 N–H and O–H groups in total. The van der Waals surface area contributed by atoms with Crippen LogP contribution in [0.25, 0.3) is 10.9 Å². The molecule has 0 bridgehead atoms. The number of pyridine rings is 1. The molecule has 1 aromatic heterocycles. The minimum atomic E-state index is 0.134. The quantitative estimate of drug-likeness (QED) is 0.932. The van der Waals surface area contributed by atoms with Gasteiger partial charge in [-0.25, -0.2) is 0 Å². The third kappa shape index (κ3) is 2.05. The Morgan fingerprint density at radius 1 is 1.10 bits per heavy atom. The molecule has 0 aliphatic heterocycles. The van der Waals surface area contributed by atoms with Crippen LogP contribution in [0.1, 0.15) is 31.5 Å². The van der Waals surface area contributed by atoms with Gasteiger partial charge in [-0.2, -0.15) is 0 Å². The van der Waals surface area contributed by atoms with E-state index in [1.54, 1.807) is 6.07 Å². The predicted octanol–water partition coefficient (Wildman–Crippen LogP) is 2.81. The van der Waals surface area contributed by atoms with Gasteiger partial charge in [-0.05, 0) is 39.2 Å². The van der Waals surface area contributed by atoms with E-state index in [0.717, 1.165) is 36.0 Å². The molecule has 3 rings (SSSR count). The molecule has 0 amide bonds. The first-order valence-corrected chi connectivity index (χ1v) is 7.22. The molecule has 2 aromatic rings. The van der Waals surface area contributed by atoms with Crippen LogP contribution >= 0.6 is 0 Å². The number of aromatic amines is 1. The Bertz CT molecular complexity index is 703.